The van der Waals surface area contributed by atoms with Crippen LogP contribution in [0.1, 0.15) is 5.69 Å². The highest BCUT2D eigenvalue weighted by Gasteiger charge is 1.88. The highest BCUT2D eigenvalue weighted by molar-refractivity contribution is 6.30. The number of halogens is 1. The third-order valence-corrected chi connectivity index (χ3v) is 1.39. The van der Waals surface area contributed by atoms with Crippen LogP contribution in [0.25, 0.3) is 10.4 Å². The molecule has 1 aromatic rings. The van der Waals surface area contributed by atoms with E-state index in [1.165, 1.54) is 0 Å². The van der Waals surface area contributed by atoms with Crippen LogP contribution in [0.5, 0.6) is 0 Å². The van der Waals surface area contributed by atoms with Crippen molar-refractivity contribution in [2.45, 2.75) is 0 Å². The van der Waals surface area contributed by atoms with Crippen molar-refractivity contribution in [1.82, 2.24) is 4.98 Å². The summed E-state index contributed by atoms with van der Waals surface area (Å²) in [6.07, 6.45) is 1.57. The molecule has 0 unspecified atom stereocenters. The first kappa shape index (κ1) is 9.40. The summed E-state index contributed by atoms with van der Waals surface area (Å²) in [6, 6.07) is 3.31. The van der Waals surface area contributed by atoms with E-state index in [1.807, 2.05) is 0 Å². The fourth-order valence-electron chi connectivity index (χ4n) is 0.670. The Bertz CT molecular complexity index is 398. The fourth-order valence-corrected chi connectivity index (χ4v) is 0.830. The molecular formula is C8H5ClN4. The number of aromatic nitrogens is 1. The standard InChI is InChI=1S/C8H5ClN4/c9-7-3-5-11-8(6-7)2-1-4-12-13-10/h3,5-6H,4H2. The van der Waals surface area contributed by atoms with Crippen molar-refractivity contribution in [3.63, 3.8) is 0 Å². The third kappa shape index (κ3) is 3.48. The molecule has 64 valence electrons. The first-order chi connectivity index (χ1) is 6.33. The lowest BCUT2D eigenvalue weighted by Gasteiger charge is -1.88. The van der Waals surface area contributed by atoms with Crippen LogP contribution in [0, 0.1) is 11.8 Å². The van der Waals surface area contributed by atoms with Gasteiger partial charge in [0.25, 0.3) is 0 Å². The van der Waals surface area contributed by atoms with Crippen molar-refractivity contribution >= 4 is 11.6 Å². The summed E-state index contributed by atoms with van der Waals surface area (Å²) < 4.78 is 0. The molecule has 0 saturated carbocycles. The minimum atomic E-state index is 0.144. The van der Waals surface area contributed by atoms with E-state index in [0.29, 0.717) is 10.7 Å². The third-order valence-electron chi connectivity index (χ3n) is 1.15. The second kappa shape index (κ2) is 5.04. The SMILES string of the molecule is [N-]=[N+]=NCC#Cc1cc(Cl)ccn1. The fraction of sp³-hybridized carbons (Fsp3) is 0.125. The zero-order chi connectivity index (χ0) is 9.52. The first-order valence-corrected chi connectivity index (χ1v) is 3.82. The molecule has 0 bridgehead atoms. The molecule has 0 N–H and O–H groups in total. The molecule has 0 amide bonds. The molecule has 0 fully saturated rings. The van der Waals surface area contributed by atoms with Crippen LogP contribution in [0.15, 0.2) is 23.4 Å². The van der Waals surface area contributed by atoms with Crippen LogP contribution in [-0.4, -0.2) is 11.5 Å². The average molecular weight is 193 g/mol. The Morgan fingerprint density at radius 3 is 3.23 bits per heavy atom. The molecule has 0 atom stereocenters. The molecule has 0 aliphatic heterocycles. The van der Waals surface area contributed by atoms with Gasteiger partial charge in [0.15, 0.2) is 0 Å². The molecule has 0 aromatic carbocycles. The predicted octanol–water partition coefficient (Wildman–Crippen LogP) is 2.40. The maximum Gasteiger partial charge on any atom is 0.114 e. The topological polar surface area (TPSA) is 61.7 Å². The second-order valence-corrected chi connectivity index (χ2v) is 2.49. The van der Waals surface area contributed by atoms with Gasteiger partial charge in [0.2, 0.25) is 0 Å². The van der Waals surface area contributed by atoms with Gasteiger partial charge in [0.1, 0.15) is 5.69 Å². The summed E-state index contributed by atoms with van der Waals surface area (Å²) >= 11 is 5.70. The number of azide groups is 1. The van der Waals surface area contributed by atoms with Gasteiger partial charge >= 0.3 is 0 Å². The van der Waals surface area contributed by atoms with Gasteiger partial charge in [0.05, 0.1) is 6.54 Å². The number of hydrogen-bond donors (Lipinski definition) is 0. The van der Waals surface area contributed by atoms with Gasteiger partial charge in [-0.25, -0.2) is 4.98 Å². The van der Waals surface area contributed by atoms with E-state index in [1.54, 1.807) is 18.3 Å². The van der Waals surface area contributed by atoms with Crippen LogP contribution in [-0.2, 0) is 0 Å². The normalized spacial score (nSPS) is 8.08. The molecule has 5 heteroatoms. The maximum atomic E-state index is 7.96. The number of nitrogens with zero attached hydrogens (tertiary/aromatic N) is 4. The van der Waals surface area contributed by atoms with E-state index in [0.717, 1.165) is 0 Å². The van der Waals surface area contributed by atoms with Crippen molar-refractivity contribution < 1.29 is 0 Å². The van der Waals surface area contributed by atoms with Gasteiger partial charge < -0.3 is 0 Å². The van der Waals surface area contributed by atoms with E-state index in [-0.39, 0.29) is 6.54 Å². The van der Waals surface area contributed by atoms with Gasteiger partial charge in [-0.15, -0.1) is 0 Å². The van der Waals surface area contributed by atoms with Gasteiger partial charge in [-0.05, 0) is 23.6 Å². The second-order valence-electron chi connectivity index (χ2n) is 2.05. The Morgan fingerprint density at radius 1 is 1.69 bits per heavy atom. The highest BCUT2D eigenvalue weighted by atomic mass is 35.5. The Balaban J connectivity index is 2.71. The van der Waals surface area contributed by atoms with E-state index in [9.17, 15) is 0 Å². The molecule has 1 aromatic heterocycles. The minimum absolute atomic E-state index is 0.144. The van der Waals surface area contributed by atoms with Crippen molar-refractivity contribution in [2.24, 2.45) is 5.11 Å². The van der Waals surface area contributed by atoms with E-state index in [4.69, 9.17) is 17.1 Å². The summed E-state index contributed by atoms with van der Waals surface area (Å²) in [5.41, 5.74) is 8.53. The molecular weight excluding hydrogens is 188 g/mol. The summed E-state index contributed by atoms with van der Waals surface area (Å²) in [7, 11) is 0. The lowest BCUT2D eigenvalue weighted by Crippen LogP contribution is -1.80. The molecule has 0 saturated heterocycles. The van der Waals surface area contributed by atoms with Crippen LogP contribution in [0.3, 0.4) is 0 Å². The monoisotopic (exact) mass is 192 g/mol. The van der Waals surface area contributed by atoms with Crippen LogP contribution in [0.4, 0.5) is 0 Å². The number of pyridine rings is 1. The summed E-state index contributed by atoms with van der Waals surface area (Å²) in [5.74, 6) is 5.35. The maximum absolute atomic E-state index is 7.96. The van der Waals surface area contributed by atoms with Gasteiger partial charge in [0, 0.05) is 16.1 Å². The molecule has 0 aliphatic carbocycles. The van der Waals surface area contributed by atoms with Gasteiger partial charge in [-0.2, -0.15) is 0 Å². The smallest absolute Gasteiger partial charge is 0.114 e. The Kier molecular flexibility index (Phi) is 3.65. The lowest BCUT2D eigenvalue weighted by molar-refractivity contribution is 1.24. The van der Waals surface area contributed by atoms with Crippen molar-refractivity contribution in [3.8, 4) is 11.8 Å². The van der Waals surface area contributed by atoms with E-state index < -0.39 is 0 Å². The molecule has 1 heterocycles. The molecule has 4 nitrogen and oxygen atoms in total. The summed E-state index contributed by atoms with van der Waals surface area (Å²) in [6.45, 7) is 0.144. The summed E-state index contributed by atoms with van der Waals surface area (Å²) in [4.78, 5) is 6.50. The highest BCUT2D eigenvalue weighted by Crippen LogP contribution is 2.06. The zero-order valence-corrected chi connectivity index (χ0v) is 7.36. The minimum Gasteiger partial charge on any atom is -0.248 e. The number of rotatable bonds is 1. The Morgan fingerprint density at radius 2 is 2.54 bits per heavy atom. The quantitative estimate of drug-likeness (QED) is 0.292. The predicted molar refractivity (Wildman–Crippen MR) is 50.1 cm³/mol. The first-order valence-electron chi connectivity index (χ1n) is 3.44. The molecule has 0 spiro atoms. The van der Waals surface area contributed by atoms with E-state index >= 15 is 0 Å². The van der Waals surface area contributed by atoms with Crippen LogP contribution in [0.2, 0.25) is 5.02 Å². The van der Waals surface area contributed by atoms with Crippen LogP contribution < -0.4 is 0 Å². The molecule has 1 rings (SSSR count). The van der Waals surface area contributed by atoms with E-state index in [2.05, 4.69) is 26.9 Å². The molecule has 0 aliphatic rings. The summed E-state index contributed by atoms with van der Waals surface area (Å²) in [5, 5.41) is 3.84. The zero-order valence-electron chi connectivity index (χ0n) is 6.61. The molecule has 0 radical (unpaired) electrons. The van der Waals surface area contributed by atoms with Crippen molar-refractivity contribution in [3.05, 3.63) is 39.5 Å². The van der Waals surface area contributed by atoms with Crippen molar-refractivity contribution in [1.29, 1.82) is 0 Å². The largest absolute Gasteiger partial charge is 0.248 e. The molecule has 13 heavy (non-hydrogen) atoms. The van der Waals surface area contributed by atoms with Gasteiger partial charge in [-0.1, -0.05) is 22.6 Å². The number of hydrogen-bond acceptors (Lipinski definition) is 2. The van der Waals surface area contributed by atoms with Gasteiger partial charge in [-0.3, -0.25) is 0 Å². The Labute approximate surface area is 80.2 Å². The Hall–Kier alpha value is -1.69. The lowest BCUT2D eigenvalue weighted by atomic mass is 10.3. The van der Waals surface area contributed by atoms with Crippen molar-refractivity contribution in [2.75, 3.05) is 6.54 Å². The van der Waals surface area contributed by atoms with Crippen LogP contribution >= 0.6 is 11.6 Å². The average Bonchev–Trinajstić information content (AvgIpc) is 2.13.